The Morgan fingerprint density at radius 1 is 1.38 bits per heavy atom. The number of carbonyl (C=O) groups is 2. The van der Waals surface area contributed by atoms with Crippen molar-refractivity contribution in [3.63, 3.8) is 0 Å². The fourth-order valence-corrected chi connectivity index (χ4v) is 2.97. The Balaban J connectivity index is 1.73. The summed E-state index contributed by atoms with van der Waals surface area (Å²) in [4.78, 5) is 23.7. The van der Waals surface area contributed by atoms with Crippen molar-refractivity contribution < 1.29 is 14.3 Å². The maximum atomic E-state index is 12.0. The predicted molar refractivity (Wildman–Crippen MR) is 86.7 cm³/mol. The van der Waals surface area contributed by atoms with Crippen molar-refractivity contribution in [3.8, 4) is 6.07 Å². The molecule has 1 aromatic heterocycles. The Morgan fingerprint density at radius 3 is 2.67 bits per heavy atom. The Morgan fingerprint density at radius 2 is 2.08 bits per heavy atom. The number of aromatic nitrogens is 2. The molecule has 7 heteroatoms. The molecule has 1 amide bonds. The van der Waals surface area contributed by atoms with E-state index in [1.807, 2.05) is 13.2 Å². The minimum absolute atomic E-state index is 0.197. The molecular formula is C17H24N4O3. The van der Waals surface area contributed by atoms with Crippen LogP contribution in [0.5, 0.6) is 0 Å². The summed E-state index contributed by atoms with van der Waals surface area (Å²) >= 11 is 0. The molecule has 1 fully saturated rings. The molecule has 0 aliphatic heterocycles. The topological polar surface area (TPSA) is 97.0 Å². The summed E-state index contributed by atoms with van der Waals surface area (Å²) in [6, 6.07) is 2.24. The first-order chi connectivity index (χ1) is 11.5. The molecule has 1 heterocycles. The number of hydrogen-bond acceptors (Lipinski definition) is 5. The molecule has 130 valence electrons. The van der Waals surface area contributed by atoms with Crippen LogP contribution in [0.4, 0.5) is 0 Å². The molecule has 7 nitrogen and oxygen atoms in total. The van der Waals surface area contributed by atoms with Crippen molar-refractivity contribution in [2.45, 2.75) is 56.9 Å². The van der Waals surface area contributed by atoms with Crippen LogP contribution in [0.2, 0.25) is 0 Å². The van der Waals surface area contributed by atoms with E-state index in [1.165, 1.54) is 0 Å². The van der Waals surface area contributed by atoms with Crippen LogP contribution in [0.3, 0.4) is 0 Å². The van der Waals surface area contributed by atoms with Gasteiger partial charge in [0.25, 0.3) is 5.91 Å². The standard InChI is InChI=1S/C17H24N4O3/c1-21-11-14(10-19-21)6-7-16(23)24-12-15(22)20-17(13-18)8-4-2-3-5-9-17/h10-11H,2-9,12H2,1H3,(H,20,22). The minimum atomic E-state index is -0.810. The number of nitrogens with one attached hydrogen (secondary N) is 1. The lowest BCUT2D eigenvalue weighted by Gasteiger charge is -2.26. The molecular weight excluding hydrogens is 308 g/mol. The molecule has 1 aromatic rings. The van der Waals surface area contributed by atoms with E-state index in [-0.39, 0.29) is 13.0 Å². The van der Waals surface area contributed by atoms with Crippen LogP contribution in [0.1, 0.15) is 50.5 Å². The second-order valence-electron chi connectivity index (χ2n) is 6.34. The van der Waals surface area contributed by atoms with Crippen molar-refractivity contribution in [2.24, 2.45) is 7.05 Å². The van der Waals surface area contributed by atoms with Gasteiger partial charge in [0.2, 0.25) is 0 Å². The van der Waals surface area contributed by atoms with E-state index in [0.29, 0.717) is 19.3 Å². The summed E-state index contributed by atoms with van der Waals surface area (Å²) in [5, 5.41) is 16.2. The van der Waals surface area contributed by atoms with Crippen LogP contribution in [-0.2, 0) is 27.8 Å². The van der Waals surface area contributed by atoms with E-state index in [9.17, 15) is 14.9 Å². The van der Waals surface area contributed by atoms with Crippen LogP contribution < -0.4 is 5.32 Å². The summed E-state index contributed by atoms with van der Waals surface area (Å²) in [6.45, 7) is -0.338. The third kappa shape index (κ3) is 5.37. The zero-order chi connectivity index (χ0) is 17.4. The van der Waals surface area contributed by atoms with Gasteiger partial charge in [0.1, 0.15) is 5.54 Å². The molecule has 1 aliphatic rings. The highest BCUT2D eigenvalue weighted by Gasteiger charge is 2.32. The van der Waals surface area contributed by atoms with Gasteiger partial charge in [0.15, 0.2) is 6.61 Å². The Labute approximate surface area is 142 Å². The maximum Gasteiger partial charge on any atom is 0.306 e. The van der Waals surface area contributed by atoms with Gasteiger partial charge in [0, 0.05) is 19.7 Å². The molecule has 1 N–H and O–H groups in total. The minimum Gasteiger partial charge on any atom is -0.456 e. The highest BCUT2D eigenvalue weighted by molar-refractivity contribution is 5.81. The van der Waals surface area contributed by atoms with Crippen molar-refractivity contribution in [1.82, 2.24) is 15.1 Å². The summed E-state index contributed by atoms with van der Waals surface area (Å²) in [5.41, 5.74) is 0.135. The van der Waals surface area contributed by atoms with E-state index in [1.54, 1.807) is 10.9 Å². The van der Waals surface area contributed by atoms with E-state index in [2.05, 4.69) is 16.5 Å². The smallest absolute Gasteiger partial charge is 0.306 e. The molecule has 1 saturated carbocycles. The third-order valence-electron chi connectivity index (χ3n) is 4.29. The fraction of sp³-hybridized carbons (Fsp3) is 0.647. The predicted octanol–water partition coefficient (Wildman–Crippen LogP) is 1.63. The van der Waals surface area contributed by atoms with Crippen molar-refractivity contribution >= 4 is 11.9 Å². The lowest BCUT2D eigenvalue weighted by molar-refractivity contribution is -0.148. The third-order valence-corrected chi connectivity index (χ3v) is 4.29. The molecule has 0 aromatic carbocycles. The van der Waals surface area contributed by atoms with E-state index < -0.39 is 17.4 Å². The highest BCUT2D eigenvalue weighted by Crippen LogP contribution is 2.26. The van der Waals surface area contributed by atoms with Gasteiger partial charge in [-0.1, -0.05) is 25.7 Å². The van der Waals surface area contributed by atoms with Gasteiger partial charge in [-0.3, -0.25) is 14.3 Å². The number of amides is 1. The number of esters is 1. The molecule has 2 rings (SSSR count). The summed E-state index contributed by atoms with van der Waals surface area (Å²) in [7, 11) is 1.81. The van der Waals surface area contributed by atoms with Gasteiger partial charge in [-0.2, -0.15) is 10.4 Å². The lowest BCUT2D eigenvalue weighted by atomic mass is 9.92. The van der Waals surface area contributed by atoms with Gasteiger partial charge in [-0.05, 0) is 24.8 Å². The van der Waals surface area contributed by atoms with E-state index in [4.69, 9.17) is 4.74 Å². The van der Waals surface area contributed by atoms with Crippen LogP contribution >= 0.6 is 0 Å². The first kappa shape index (κ1) is 18.0. The average molecular weight is 332 g/mol. The van der Waals surface area contributed by atoms with Crippen LogP contribution in [0.15, 0.2) is 12.4 Å². The van der Waals surface area contributed by atoms with Crippen LogP contribution in [-0.4, -0.2) is 33.8 Å². The van der Waals surface area contributed by atoms with Gasteiger partial charge >= 0.3 is 5.97 Å². The van der Waals surface area contributed by atoms with E-state index >= 15 is 0 Å². The first-order valence-electron chi connectivity index (χ1n) is 8.38. The molecule has 1 aliphatic carbocycles. The molecule has 0 spiro atoms. The Kier molecular flexibility index (Phi) is 6.36. The summed E-state index contributed by atoms with van der Waals surface area (Å²) in [5.74, 6) is -0.839. The molecule has 0 saturated heterocycles. The normalized spacial score (nSPS) is 16.7. The monoisotopic (exact) mass is 332 g/mol. The summed E-state index contributed by atoms with van der Waals surface area (Å²) in [6.07, 6.45) is 9.60. The number of carbonyl (C=O) groups excluding carboxylic acids is 2. The number of aryl methyl sites for hydroxylation is 2. The molecule has 0 unspecified atom stereocenters. The second kappa shape index (κ2) is 8.48. The zero-order valence-corrected chi connectivity index (χ0v) is 14.1. The van der Waals surface area contributed by atoms with Crippen molar-refractivity contribution in [1.29, 1.82) is 5.26 Å². The molecule has 0 atom stereocenters. The summed E-state index contributed by atoms with van der Waals surface area (Å²) < 4.78 is 6.68. The zero-order valence-electron chi connectivity index (χ0n) is 14.1. The SMILES string of the molecule is Cn1cc(CCC(=O)OCC(=O)NC2(C#N)CCCCCC2)cn1. The average Bonchev–Trinajstić information content (AvgIpc) is 2.85. The Hall–Kier alpha value is -2.36. The van der Waals surface area contributed by atoms with Gasteiger partial charge in [-0.25, -0.2) is 0 Å². The number of rotatable bonds is 6. The fourth-order valence-electron chi connectivity index (χ4n) is 2.97. The van der Waals surface area contributed by atoms with Gasteiger partial charge in [0.05, 0.1) is 12.3 Å². The number of hydrogen-bond donors (Lipinski definition) is 1. The van der Waals surface area contributed by atoms with Gasteiger partial charge in [-0.15, -0.1) is 0 Å². The Bertz CT molecular complexity index is 610. The first-order valence-corrected chi connectivity index (χ1v) is 8.38. The number of ether oxygens (including phenoxy) is 1. The maximum absolute atomic E-state index is 12.0. The second-order valence-corrected chi connectivity index (χ2v) is 6.34. The quantitative estimate of drug-likeness (QED) is 0.631. The molecule has 0 bridgehead atoms. The van der Waals surface area contributed by atoms with E-state index in [0.717, 1.165) is 31.2 Å². The van der Waals surface area contributed by atoms with Crippen molar-refractivity contribution in [3.05, 3.63) is 18.0 Å². The van der Waals surface area contributed by atoms with Crippen molar-refractivity contribution in [2.75, 3.05) is 6.61 Å². The highest BCUT2D eigenvalue weighted by atomic mass is 16.5. The molecule has 24 heavy (non-hydrogen) atoms. The molecule has 0 radical (unpaired) electrons. The largest absolute Gasteiger partial charge is 0.456 e. The van der Waals surface area contributed by atoms with Crippen LogP contribution in [0.25, 0.3) is 0 Å². The lowest BCUT2D eigenvalue weighted by Crippen LogP contribution is -2.48. The van der Waals surface area contributed by atoms with Gasteiger partial charge < -0.3 is 10.1 Å². The number of nitriles is 1. The number of nitrogens with zero attached hydrogens (tertiary/aromatic N) is 3. The van der Waals surface area contributed by atoms with Crippen LogP contribution in [0, 0.1) is 11.3 Å².